The third kappa shape index (κ3) is 3.46. The molecule has 2 aromatic heterocycles. The molecule has 3 rings (SSSR count). The predicted molar refractivity (Wildman–Crippen MR) is 85.8 cm³/mol. The number of halogens is 2. The highest BCUT2D eigenvalue weighted by Gasteiger charge is 2.09. The Morgan fingerprint density at radius 3 is 2.78 bits per heavy atom. The van der Waals surface area contributed by atoms with Gasteiger partial charge in [0, 0.05) is 17.1 Å². The van der Waals surface area contributed by atoms with E-state index in [2.05, 4.69) is 25.0 Å². The van der Waals surface area contributed by atoms with Gasteiger partial charge in [0.1, 0.15) is 11.4 Å². The zero-order valence-electron chi connectivity index (χ0n) is 11.5. The van der Waals surface area contributed by atoms with E-state index < -0.39 is 5.76 Å². The maximum absolute atomic E-state index is 10.9. The molecule has 0 unspecified atom stereocenters. The molecule has 0 radical (unpaired) electrons. The number of phenolic OH excluding ortho intramolecular Hbond substituents is 1. The van der Waals surface area contributed by atoms with Gasteiger partial charge in [-0.25, -0.2) is 4.79 Å². The van der Waals surface area contributed by atoms with Gasteiger partial charge in [-0.3, -0.25) is 14.5 Å². The molecule has 1 aromatic carbocycles. The number of rotatable bonds is 4. The molecule has 0 saturated heterocycles. The van der Waals surface area contributed by atoms with Crippen LogP contribution in [0.25, 0.3) is 11.5 Å². The molecule has 0 atom stereocenters. The topological polar surface area (TPSA) is 104 Å². The highest BCUT2D eigenvalue weighted by molar-refractivity contribution is 6.35. The van der Waals surface area contributed by atoms with Crippen LogP contribution in [0, 0.1) is 0 Å². The molecular formula is C14H10Cl2N4O3. The Morgan fingerprint density at radius 1 is 1.30 bits per heavy atom. The first-order chi connectivity index (χ1) is 11.0. The van der Waals surface area contributed by atoms with Gasteiger partial charge in [0.2, 0.25) is 5.82 Å². The van der Waals surface area contributed by atoms with Gasteiger partial charge in [-0.2, -0.15) is 0 Å². The Bertz CT molecular complexity index is 890. The number of hydrogen-bond acceptors (Lipinski definition) is 6. The number of anilines is 1. The van der Waals surface area contributed by atoms with E-state index >= 15 is 0 Å². The molecule has 0 fully saturated rings. The lowest BCUT2D eigenvalue weighted by Gasteiger charge is -2.10. The van der Waals surface area contributed by atoms with Crippen molar-refractivity contribution >= 4 is 28.9 Å². The van der Waals surface area contributed by atoms with Crippen molar-refractivity contribution in [3.05, 3.63) is 56.6 Å². The lowest BCUT2D eigenvalue weighted by atomic mass is 10.2. The van der Waals surface area contributed by atoms with Crippen molar-refractivity contribution in [3.8, 4) is 17.3 Å². The van der Waals surface area contributed by atoms with E-state index in [0.29, 0.717) is 28.5 Å². The normalized spacial score (nSPS) is 10.7. The summed E-state index contributed by atoms with van der Waals surface area (Å²) >= 11 is 11.8. The van der Waals surface area contributed by atoms with Gasteiger partial charge in [0.05, 0.1) is 16.9 Å². The van der Waals surface area contributed by atoms with Crippen molar-refractivity contribution in [2.24, 2.45) is 0 Å². The largest absolute Gasteiger partial charge is 0.506 e. The van der Waals surface area contributed by atoms with Crippen LogP contribution in [0.5, 0.6) is 5.75 Å². The second-order valence-corrected chi connectivity index (χ2v) is 5.47. The van der Waals surface area contributed by atoms with Crippen LogP contribution < -0.4 is 11.1 Å². The van der Waals surface area contributed by atoms with Crippen LogP contribution in [0.3, 0.4) is 0 Å². The molecule has 0 amide bonds. The summed E-state index contributed by atoms with van der Waals surface area (Å²) in [5, 5.41) is 17.2. The molecule has 0 spiro atoms. The Kier molecular flexibility index (Phi) is 4.22. The summed E-state index contributed by atoms with van der Waals surface area (Å²) < 4.78 is 4.42. The van der Waals surface area contributed by atoms with Gasteiger partial charge in [-0.1, -0.05) is 28.4 Å². The number of aromatic hydroxyl groups is 1. The van der Waals surface area contributed by atoms with Crippen LogP contribution in [0.4, 0.5) is 5.69 Å². The minimum Gasteiger partial charge on any atom is -0.506 e. The zero-order chi connectivity index (χ0) is 16.4. The number of hydrogen-bond donors (Lipinski definition) is 3. The summed E-state index contributed by atoms with van der Waals surface area (Å²) in [4.78, 5) is 17.5. The standard InChI is InChI=1S/C14H10Cl2N4O3/c15-8-3-7(12(21)10(16)4-8)5-17-9-1-2-11(18-6-9)13-19-14(22)23-20-13/h1-4,6,17,21H,5H2,(H,19,20,22). The lowest BCUT2D eigenvalue weighted by molar-refractivity contribution is 0.387. The molecule has 3 N–H and O–H groups in total. The summed E-state index contributed by atoms with van der Waals surface area (Å²) in [6.07, 6.45) is 1.56. The van der Waals surface area contributed by atoms with Crippen molar-refractivity contribution in [1.29, 1.82) is 0 Å². The maximum atomic E-state index is 10.9. The second kappa shape index (κ2) is 6.31. The third-order valence-corrected chi connectivity index (χ3v) is 3.54. The van der Waals surface area contributed by atoms with Gasteiger partial charge >= 0.3 is 5.76 Å². The SMILES string of the molecule is O=c1[nH]c(-c2ccc(NCc3cc(Cl)cc(Cl)c3O)cn2)no1. The fraction of sp³-hybridized carbons (Fsp3) is 0.0714. The van der Waals surface area contributed by atoms with Crippen molar-refractivity contribution in [2.45, 2.75) is 6.54 Å². The number of phenols is 1. The first kappa shape index (κ1) is 15.4. The Morgan fingerprint density at radius 2 is 2.13 bits per heavy atom. The number of benzene rings is 1. The zero-order valence-corrected chi connectivity index (χ0v) is 13.0. The highest BCUT2D eigenvalue weighted by atomic mass is 35.5. The van der Waals surface area contributed by atoms with Gasteiger partial charge in [-0.15, -0.1) is 0 Å². The number of pyridine rings is 1. The van der Waals surface area contributed by atoms with Crippen LogP contribution in [0.1, 0.15) is 5.56 Å². The van der Waals surface area contributed by atoms with Crippen LogP contribution in [0.15, 0.2) is 39.8 Å². The first-order valence-corrected chi connectivity index (χ1v) is 7.21. The number of nitrogens with zero attached hydrogens (tertiary/aromatic N) is 2. The van der Waals surface area contributed by atoms with E-state index in [1.54, 1.807) is 24.4 Å². The quantitative estimate of drug-likeness (QED) is 0.666. The van der Waals surface area contributed by atoms with Crippen LogP contribution in [0.2, 0.25) is 10.0 Å². The van der Waals surface area contributed by atoms with Crippen molar-refractivity contribution in [2.75, 3.05) is 5.32 Å². The monoisotopic (exact) mass is 352 g/mol. The van der Waals surface area contributed by atoms with Gasteiger partial charge in [0.25, 0.3) is 0 Å². The molecule has 7 nitrogen and oxygen atoms in total. The molecule has 23 heavy (non-hydrogen) atoms. The van der Waals surface area contributed by atoms with Crippen LogP contribution in [-0.2, 0) is 6.54 Å². The summed E-state index contributed by atoms with van der Waals surface area (Å²) in [5.74, 6) is -0.411. The summed E-state index contributed by atoms with van der Waals surface area (Å²) in [7, 11) is 0. The number of nitrogens with one attached hydrogen (secondary N) is 2. The smallest absolute Gasteiger partial charge is 0.439 e. The minimum absolute atomic E-state index is 0.0201. The Labute approximate surface area is 139 Å². The first-order valence-electron chi connectivity index (χ1n) is 6.46. The molecule has 0 aliphatic carbocycles. The molecule has 118 valence electrons. The number of H-pyrrole nitrogens is 1. The van der Waals surface area contributed by atoms with Gasteiger partial charge in [-0.05, 0) is 24.3 Å². The summed E-state index contributed by atoms with van der Waals surface area (Å²) in [6.45, 7) is 0.313. The highest BCUT2D eigenvalue weighted by Crippen LogP contribution is 2.31. The average molecular weight is 353 g/mol. The molecule has 0 aliphatic heterocycles. The van der Waals surface area contributed by atoms with E-state index in [1.807, 2.05) is 0 Å². The van der Waals surface area contributed by atoms with E-state index in [-0.39, 0.29) is 16.6 Å². The fourth-order valence-corrected chi connectivity index (χ4v) is 2.47. The van der Waals surface area contributed by atoms with E-state index in [9.17, 15) is 9.90 Å². The van der Waals surface area contributed by atoms with Crippen molar-refractivity contribution in [3.63, 3.8) is 0 Å². The second-order valence-electron chi connectivity index (χ2n) is 4.62. The fourth-order valence-electron chi connectivity index (χ4n) is 1.93. The van der Waals surface area contributed by atoms with Gasteiger partial charge in [0.15, 0.2) is 0 Å². The van der Waals surface area contributed by atoms with Crippen LogP contribution in [-0.4, -0.2) is 20.2 Å². The molecular weight excluding hydrogens is 343 g/mol. The predicted octanol–water partition coefficient (Wildman–Crippen LogP) is 3.05. The van der Waals surface area contributed by atoms with Gasteiger partial charge < -0.3 is 10.4 Å². The van der Waals surface area contributed by atoms with E-state index in [1.165, 1.54) is 6.07 Å². The van der Waals surface area contributed by atoms with Crippen LogP contribution >= 0.6 is 23.2 Å². The van der Waals surface area contributed by atoms with E-state index in [4.69, 9.17) is 23.2 Å². The Hall–Kier alpha value is -2.51. The maximum Gasteiger partial charge on any atom is 0.439 e. The molecule has 0 aliphatic rings. The molecule has 0 bridgehead atoms. The third-order valence-electron chi connectivity index (χ3n) is 3.04. The molecule has 2 heterocycles. The Balaban J connectivity index is 1.73. The molecule has 3 aromatic rings. The molecule has 9 heteroatoms. The number of aromatic amines is 1. The summed E-state index contributed by atoms with van der Waals surface area (Å²) in [5.41, 5.74) is 1.73. The lowest BCUT2D eigenvalue weighted by Crippen LogP contribution is -2.01. The van der Waals surface area contributed by atoms with E-state index in [0.717, 1.165) is 0 Å². The minimum atomic E-state index is -0.641. The van der Waals surface area contributed by atoms with Crippen molar-refractivity contribution in [1.82, 2.24) is 15.1 Å². The molecule has 0 saturated carbocycles. The van der Waals surface area contributed by atoms with Crippen molar-refractivity contribution < 1.29 is 9.63 Å². The number of aromatic nitrogens is 3. The summed E-state index contributed by atoms with van der Waals surface area (Å²) in [6, 6.07) is 6.51. The average Bonchev–Trinajstić information content (AvgIpc) is 2.96.